The van der Waals surface area contributed by atoms with Gasteiger partial charge in [0.25, 0.3) is 5.56 Å². The molecule has 2 aromatic heterocycles. The standard InChI is InChI=1S/C40H26N6O/c47-38-31-10-2-4-12-33(31)42-40-45(36-15-7-8-16-37(36)46(38)40)30-23-19-27(20-24-30)26-17-21-29(22-18-26)44-35-14-6-5-13-34(35)43-25-28-9-1-3-11-32(28)41-39(43)44/h1-24H,25H2. The molecule has 0 unspecified atom stereocenters. The van der Waals surface area contributed by atoms with Crippen LogP contribution >= 0.6 is 0 Å². The van der Waals surface area contributed by atoms with E-state index in [0.29, 0.717) is 16.7 Å². The van der Waals surface area contributed by atoms with E-state index in [-0.39, 0.29) is 5.56 Å². The lowest BCUT2D eigenvalue weighted by molar-refractivity contribution is 0.985. The van der Waals surface area contributed by atoms with Gasteiger partial charge in [-0.25, -0.2) is 14.4 Å². The van der Waals surface area contributed by atoms with Crippen LogP contribution in [0.1, 0.15) is 5.56 Å². The van der Waals surface area contributed by atoms with E-state index >= 15 is 0 Å². The van der Waals surface area contributed by atoms with Gasteiger partial charge in [0.15, 0.2) is 0 Å². The van der Waals surface area contributed by atoms with Crippen LogP contribution in [0.25, 0.3) is 44.5 Å². The second-order valence-corrected chi connectivity index (χ2v) is 11.9. The van der Waals surface area contributed by atoms with Crippen molar-refractivity contribution in [2.75, 3.05) is 9.80 Å². The van der Waals surface area contributed by atoms with Crippen LogP contribution in [0, 0.1) is 0 Å². The minimum atomic E-state index is -0.0654. The van der Waals surface area contributed by atoms with Gasteiger partial charge in [-0.3, -0.25) is 14.3 Å². The molecule has 0 aliphatic carbocycles. The number of para-hydroxylation sites is 6. The van der Waals surface area contributed by atoms with Crippen LogP contribution in [0.4, 0.5) is 22.7 Å². The van der Waals surface area contributed by atoms with Gasteiger partial charge in [-0.2, -0.15) is 0 Å². The Morgan fingerprint density at radius 3 is 2.02 bits per heavy atom. The summed E-state index contributed by atoms with van der Waals surface area (Å²) < 4.78 is 3.78. The van der Waals surface area contributed by atoms with Crippen LogP contribution in [0.2, 0.25) is 0 Å². The number of hydrogen-bond acceptors (Lipinski definition) is 5. The van der Waals surface area contributed by atoms with Crippen LogP contribution in [0.3, 0.4) is 0 Å². The number of aromatic nitrogens is 3. The normalized spacial score (nSPS) is 13.6. The summed E-state index contributed by atoms with van der Waals surface area (Å²) in [6, 6.07) is 49.5. The highest BCUT2D eigenvalue weighted by molar-refractivity contribution is 6.21. The molecule has 0 N–H and O–H groups in total. The van der Waals surface area contributed by atoms with Gasteiger partial charge in [-0.15, -0.1) is 0 Å². The first kappa shape index (κ1) is 25.8. The Balaban J connectivity index is 1.03. The van der Waals surface area contributed by atoms with E-state index in [0.717, 1.165) is 63.1 Å². The SMILES string of the molecule is O=c1c2ccccc2nc2n(-c3ccc(-c4ccc(N5C6=Nc7ccccc7CN6c6ccccc65)cc4)cc3)c3ccccc3n12. The molecule has 7 nitrogen and oxygen atoms in total. The van der Waals surface area contributed by atoms with Crippen LogP contribution in [0.15, 0.2) is 155 Å². The third kappa shape index (κ3) is 3.77. The number of benzene rings is 6. The lowest BCUT2D eigenvalue weighted by Gasteiger charge is -2.28. The zero-order valence-corrected chi connectivity index (χ0v) is 25.2. The summed E-state index contributed by atoms with van der Waals surface area (Å²) in [5.74, 6) is 1.52. The topological polar surface area (TPSA) is 58.1 Å². The fraction of sp³-hybridized carbons (Fsp3) is 0.0250. The van der Waals surface area contributed by atoms with Gasteiger partial charge in [0.2, 0.25) is 11.7 Å². The summed E-state index contributed by atoms with van der Waals surface area (Å²) >= 11 is 0. The number of aliphatic imine (C=N–C) groups is 1. The van der Waals surface area contributed by atoms with E-state index < -0.39 is 0 Å². The predicted octanol–water partition coefficient (Wildman–Crippen LogP) is 8.62. The first-order valence-electron chi connectivity index (χ1n) is 15.7. The molecule has 2 aliphatic heterocycles. The molecule has 222 valence electrons. The van der Waals surface area contributed by atoms with E-state index in [1.165, 1.54) is 5.56 Å². The molecule has 0 fully saturated rings. The van der Waals surface area contributed by atoms with Crippen molar-refractivity contribution >= 4 is 56.4 Å². The number of rotatable bonds is 3. The molecular formula is C40H26N6O. The van der Waals surface area contributed by atoms with Gasteiger partial charge in [-0.05, 0) is 83.4 Å². The molecule has 0 spiro atoms. The molecule has 0 saturated heterocycles. The monoisotopic (exact) mass is 606 g/mol. The van der Waals surface area contributed by atoms with Gasteiger partial charge in [0.05, 0.1) is 45.5 Å². The maximum atomic E-state index is 13.6. The van der Waals surface area contributed by atoms with Crippen LogP contribution < -0.4 is 15.4 Å². The number of imidazole rings is 1. The van der Waals surface area contributed by atoms with Gasteiger partial charge in [-0.1, -0.05) is 78.9 Å². The molecule has 6 aromatic carbocycles. The summed E-state index contributed by atoms with van der Waals surface area (Å²) in [5.41, 5.74) is 11.1. The molecule has 0 bridgehead atoms. The van der Waals surface area contributed by atoms with E-state index in [9.17, 15) is 4.79 Å². The third-order valence-corrected chi connectivity index (χ3v) is 9.30. The quantitative estimate of drug-likeness (QED) is 0.202. The highest BCUT2D eigenvalue weighted by Gasteiger charge is 2.36. The first-order valence-corrected chi connectivity index (χ1v) is 15.7. The fourth-order valence-electron chi connectivity index (χ4n) is 7.07. The Labute approximate surface area is 269 Å². The molecule has 10 rings (SSSR count). The highest BCUT2D eigenvalue weighted by atomic mass is 16.1. The number of nitrogens with zero attached hydrogens (tertiary/aromatic N) is 6. The summed E-state index contributed by atoms with van der Waals surface area (Å²) in [6.07, 6.45) is 0. The second kappa shape index (κ2) is 9.76. The molecule has 2 aliphatic rings. The summed E-state index contributed by atoms with van der Waals surface area (Å²) in [4.78, 5) is 28.2. The predicted molar refractivity (Wildman–Crippen MR) is 190 cm³/mol. The lowest BCUT2D eigenvalue weighted by atomic mass is 10.0. The molecule has 0 radical (unpaired) electrons. The molecule has 4 heterocycles. The van der Waals surface area contributed by atoms with Crippen molar-refractivity contribution in [3.8, 4) is 16.8 Å². The van der Waals surface area contributed by atoms with Crippen molar-refractivity contribution in [1.82, 2.24) is 14.0 Å². The number of anilines is 3. The van der Waals surface area contributed by atoms with E-state index in [1.807, 2.05) is 54.6 Å². The van der Waals surface area contributed by atoms with E-state index in [4.69, 9.17) is 9.98 Å². The van der Waals surface area contributed by atoms with Crippen molar-refractivity contribution in [2.45, 2.75) is 6.54 Å². The molecule has 0 saturated carbocycles. The largest absolute Gasteiger partial charge is 0.305 e. The van der Waals surface area contributed by atoms with Gasteiger partial charge < -0.3 is 4.90 Å². The Bertz CT molecular complexity index is 2630. The van der Waals surface area contributed by atoms with Crippen molar-refractivity contribution < 1.29 is 0 Å². The fourth-order valence-corrected chi connectivity index (χ4v) is 7.07. The molecule has 47 heavy (non-hydrogen) atoms. The Morgan fingerprint density at radius 1 is 0.574 bits per heavy atom. The zero-order chi connectivity index (χ0) is 31.1. The molecule has 8 aromatic rings. The lowest BCUT2D eigenvalue weighted by Crippen LogP contribution is -2.37. The van der Waals surface area contributed by atoms with Crippen LogP contribution in [0.5, 0.6) is 0 Å². The molecule has 0 atom stereocenters. The average molecular weight is 607 g/mol. The smallest absolute Gasteiger partial charge is 0.267 e. The zero-order valence-electron chi connectivity index (χ0n) is 25.2. The Hall–Kier alpha value is -6.47. The second-order valence-electron chi connectivity index (χ2n) is 11.9. The molecule has 7 heteroatoms. The minimum absolute atomic E-state index is 0.0654. The number of fused-ring (bicyclic) bond motifs is 8. The summed E-state index contributed by atoms with van der Waals surface area (Å²) in [7, 11) is 0. The Kier molecular flexibility index (Phi) is 5.36. The average Bonchev–Trinajstić information content (AvgIpc) is 3.63. The number of hydrogen-bond donors (Lipinski definition) is 0. The highest BCUT2D eigenvalue weighted by Crippen LogP contribution is 2.45. The first-order chi connectivity index (χ1) is 23.2. The maximum Gasteiger partial charge on any atom is 0.267 e. The van der Waals surface area contributed by atoms with Gasteiger partial charge >= 0.3 is 0 Å². The summed E-state index contributed by atoms with van der Waals surface area (Å²) in [6.45, 7) is 0.791. The van der Waals surface area contributed by atoms with Crippen molar-refractivity contribution in [3.05, 3.63) is 162 Å². The number of guanidine groups is 1. The molecule has 0 amide bonds. The Morgan fingerprint density at radius 2 is 1.21 bits per heavy atom. The molecular weight excluding hydrogens is 580 g/mol. The minimum Gasteiger partial charge on any atom is -0.305 e. The third-order valence-electron chi connectivity index (χ3n) is 9.30. The van der Waals surface area contributed by atoms with E-state index in [2.05, 4.69) is 105 Å². The summed E-state index contributed by atoms with van der Waals surface area (Å²) in [5, 5.41) is 0.609. The van der Waals surface area contributed by atoms with Gasteiger partial charge in [0.1, 0.15) is 0 Å². The van der Waals surface area contributed by atoms with Crippen molar-refractivity contribution in [3.63, 3.8) is 0 Å². The maximum absolute atomic E-state index is 13.6. The van der Waals surface area contributed by atoms with E-state index in [1.54, 1.807) is 4.40 Å². The van der Waals surface area contributed by atoms with Gasteiger partial charge in [0, 0.05) is 11.4 Å². The van der Waals surface area contributed by atoms with Crippen molar-refractivity contribution in [1.29, 1.82) is 0 Å². The van der Waals surface area contributed by atoms with Crippen molar-refractivity contribution in [2.24, 2.45) is 4.99 Å². The van der Waals surface area contributed by atoms with Crippen LogP contribution in [-0.4, -0.2) is 19.9 Å². The van der Waals surface area contributed by atoms with Crippen LogP contribution in [-0.2, 0) is 6.54 Å².